The Kier molecular flexibility index (Phi) is 7.17. The molecule has 0 radical (unpaired) electrons. The van der Waals surface area contributed by atoms with E-state index in [4.69, 9.17) is 4.74 Å². The summed E-state index contributed by atoms with van der Waals surface area (Å²) in [7, 11) is -3.43. The SMILES string of the molecule is COC(=O)CC1(C(C)(C)C)CN(S(=O)(=O)c2ccccc2[N+](=O)[O-])C(CO)CN1C(=O)O. The number of rotatable bonds is 6. The number of carboxylic acid groups (broad SMARTS) is 1. The molecule has 13 heteroatoms. The van der Waals surface area contributed by atoms with Gasteiger partial charge in [0.05, 0.1) is 36.6 Å². The number of nitro benzene ring substituents is 1. The van der Waals surface area contributed by atoms with Crippen LogP contribution >= 0.6 is 0 Å². The minimum absolute atomic E-state index is 0.444. The van der Waals surface area contributed by atoms with E-state index >= 15 is 0 Å². The normalized spacial score (nSPS) is 22.4. The van der Waals surface area contributed by atoms with Crippen LogP contribution in [0.15, 0.2) is 29.2 Å². The zero-order chi connectivity index (χ0) is 24.5. The van der Waals surface area contributed by atoms with E-state index in [1.165, 1.54) is 12.1 Å². The number of methoxy groups -OCH3 is 1. The number of piperazine rings is 1. The molecule has 178 valence electrons. The number of hydrogen-bond acceptors (Lipinski definition) is 8. The average molecular weight is 474 g/mol. The van der Waals surface area contributed by atoms with Crippen LogP contribution in [-0.4, -0.2) is 83.2 Å². The highest BCUT2D eigenvalue weighted by Crippen LogP contribution is 2.44. The van der Waals surface area contributed by atoms with E-state index < -0.39 is 80.7 Å². The van der Waals surface area contributed by atoms with Crippen molar-refractivity contribution in [1.82, 2.24) is 9.21 Å². The molecule has 1 aromatic carbocycles. The largest absolute Gasteiger partial charge is 0.469 e. The summed E-state index contributed by atoms with van der Waals surface area (Å²) in [6.45, 7) is 3.27. The van der Waals surface area contributed by atoms with Crippen molar-refractivity contribution in [3.8, 4) is 0 Å². The van der Waals surface area contributed by atoms with Crippen LogP contribution in [0.1, 0.15) is 27.2 Å². The van der Waals surface area contributed by atoms with Crippen molar-refractivity contribution >= 4 is 27.8 Å². The van der Waals surface area contributed by atoms with Gasteiger partial charge in [-0.1, -0.05) is 32.9 Å². The first kappa shape index (κ1) is 25.5. The number of sulfonamides is 1. The lowest BCUT2D eigenvalue weighted by Crippen LogP contribution is -2.73. The molecule has 0 aromatic heterocycles. The van der Waals surface area contributed by atoms with Gasteiger partial charge in [-0.05, 0) is 11.5 Å². The molecule has 1 heterocycles. The summed E-state index contributed by atoms with van der Waals surface area (Å²) in [6, 6.07) is 3.54. The molecule has 1 aliphatic heterocycles. The van der Waals surface area contributed by atoms with Crippen molar-refractivity contribution < 1.29 is 37.9 Å². The van der Waals surface area contributed by atoms with Crippen LogP contribution < -0.4 is 0 Å². The zero-order valence-corrected chi connectivity index (χ0v) is 19.0. The Morgan fingerprint density at radius 3 is 2.38 bits per heavy atom. The summed E-state index contributed by atoms with van der Waals surface area (Å²) >= 11 is 0. The van der Waals surface area contributed by atoms with Crippen LogP contribution in [0.2, 0.25) is 0 Å². The van der Waals surface area contributed by atoms with Crippen LogP contribution in [0.4, 0.5) is 10.5 Å². The monoisotopic (exact) mass is 473 g/mol. The second-order valence-corrected chi connectivity index (χ2v) is 10.4. The van der Waals surface area contributed by atoms with Crippen LogP contribution in [-0.2, 0) is 19.6 Å². The number of benzene rings is 1. The van der Waals surface area contributed by atoms with Gasteiger partial charge in [0.15, 0.2) is 4.90 Å². The Morgan fingerprint density at radius 1 is 1.31 bits per heavy atom. The number of esters is 1. The minimum Gasteiger partial charge on any atom is -0.469 e. The highest BCUT2D eigenvalue weighted by molar-refractivity contribution is 7.89. The van der Waals surface area contributed by atoms with Crippen LogP contribution in [0.3, 0.4) is 0 Å². The van der Waals surface area contributed by atoms with Crippen molar-refractivity contribution in [2.45, 2.75) is 43.7 Å². The summed E-state index contributed by atoms with van der Waals surface area (Å²) in [5.74, 6) is -0.753. The molecule has 0 bridgehead atoms. The molecule has 1 aromatic rings. The van der Waals surface area contributed by atoms with Crippen molar-refractivity contribution in [2.75, 3.05) is 26.8 Å². The van der Waals surface area contributed by atoms with Crippen molar-refractivity contribution in [1.29, 1.82) is 0 Å². The van der Waals surface area contributed by atoms with Gasteiger partial charge in [-0.25, -0.2) is 13.2 Å². The van der Waals surface area contributed by atoms with Gasteiger partial charge >= 0.3 is 12.1 Å². The number of para-hydroxylation sites is 1. The molecule has 2 rings (SSSR count). The van der Waals surface area contributed by atoms with Gasteiger partial charge in [0.2, 0.25) is 10.0 Å². The maximum absolute atomic E-state index is 13.6. The Hall–Kier alpha value is -2.77. The van der Waals surface area contributed by atoms with Gasteiger partial charge < -0.3 is 14.9 Å². The Labute approximate surface area is 185 Å². The lowest BCUT2D eigenvalue weighted by Gasteiger charge is -2.57. The van der Waals surface area contributed by atoms with E-state index in [2.05, 4.69) is 0 Å². The van der Waals surface area contributed by atoms with E-state index in [0.29, 0.717) is 0 Å². The molecule has 2 atom stereocenters. The fourth-order valence-corrected chi connectivity index (χ4v) is 5.78. The van der Waals surface area contributed by atoms with Crippen molar-refractivity contribution in [2.24, 2.45) is 5.41 Å². The molecule has 0 aliphatic carbocycles. The van der Waals surface area contributed by atoms with Crippen LogP contribution in [0, 0.1) is 15.5 Å². The number of carbonyl (C=O) groups is 2. The molecule has 2 N–H and O–H groups in total. The second-order valence-electron chi connectivity index (χ2n) is 8.54. The molecule has 1 amide bonds. The molecule has 1 aliphatic rings. The van der Waals surface area contributed by atoms with Gasteiger partial charge in [-0.3, -0.25) is 19.8 Å². The summed E-state index contributed by atoms with van der Waals surface area (Å²) in [5.41, 5.74) is -3.19. The molecule has 0 saturated carbocycles. The molecule has 0 spiro atoms. The number of aliphatic hydroxyl groups is 1. The lowest BCUT2D eigenvalue weighted by molar-refractivity contribution is -0.387. The number of nitrogens with zero attached hydrogens (tertiary/aromatic N) is 3. The molecule has 32 heavy (non-hydrogen) atoms. The second kappa shape index (κ2) is 9.00. The number of amides is 1. The maximum atomic E-state index is 13.6. The van der Waals surface area contributed by atoms with Gasteiger partial charge in [0, 0.05) is 19.2 Å². The van der Waals surface area contributed by atoms with Crippen molar-refractivity contribution in [3.63, 3.8) is 0 Å². The Morgan fingerprint density at radius 2 is 1.91 bits per heavy atom. The number of aliphatic hydroxyl groups excluding tert-OH is 1. The van der Waals surface area contributed by atoms with E-state index in [1.807, 2.05) is 0 Å². The zero-order valence-electron chi connectivity index (χ0n) is 18.2. The molecule has 1 saturated heterocycles. The predicted molar refractivity (Wildman–Crippen MR) is 111 cm³/mol. The standard InChI is InChI=1S/C19H27N3O9S/c1-18(2,3)19(9-16(24)31-4)12-21(13(11-23)10-20(19)17(25)26)32(29,30)15-8-6-5-7-14(15)22(27)28/h5-8,13,23H,9-12H2,1-4H3,(H,25,26). The molecular formula is C19H27N3O9S. The Bertz CT molecular complexity index is 1010. The molecular weight excluding hydrogens is 446 g/mol. The third kappa shape index (κ3) is 4.40. The first-order valence-corrected chi connectivity index (χ1v) is 11.1. The van der Waals surface area contributed by atoms with E-state index in [1.54, 1.807) is 20.8 Å². The smallest absolute Gasteiger partial charge is 0.407 e. The van der Waals surface area contributed by atoms with Crippen LogP contribution in [0.25, 0.3) is 0 Å². The van der Waals surface area contributed by atoms with Crippen molar-refractivity contribution in [3.05, 3.63) is 34.4 Å². The number of carbonyl (C=O) groups excluding carboxylic acids is 1. The lowest BCUT2D eigenvalue weighted by atomic mass is 9.69. The number of hydrogen-bond donors (Lipinski definition) is 2. The van der Waals surface area contributed by atoms with Gasteiger partial charge in [0.1, 0.15) is 0 Å². The summed E-state index contributed by atoms with van der Waals surface area (Å²) < 4.78 is 32.7. The molecule has 1 fully saturated rings. The Balaban J connectivity index is 2.74. The number of nitro groups is 1. The van der Waals surface area contributed by atoms with E-state index in [-0.39, 0.29) is 0 Å². The highest BCUT2D eigenvalue weighted by atomic mass is 32.2. The third-order valence-electron chi connectivity index (χ3n) is 5.89. The first-order valence-electron chi connectivity index (χ1n) is 9.66. The average Bonchev–Trinajstić information content (AvgIpc) is 2.72. The molecule has 12 nitrogen and oxygen atoms in total. The van der Waals surface area contributed by atoms with Gasteiger partial charge in [-0.2, -0.15) is 4.31 Å². The summed E-state index contributed by atoms with van der Waals surface area (Å²) in [4.78, 5) is 35.4. The maximum Gasteiger partial charge on any atom is 0.407 e. The first-order chi connectivity index (χ1) is 14.7. The van der Waals surface area contributed by atoms with Gasteiger partial charge in [-0.15, -0.1) is 0 Å². The summed E-state index contributed by atoms with van der Waals surface area (Å²) in [5, 5.41) is 31.2. The highest BCUT2D eigenvalue weighted by Gasteiger charge is 2.58. The quantitative estimate of drug-likeness (QED) is 0.351. The van der Waals surface area contributed by atoms with E-state index in [0.717, 1.165) is 28.4 Å². The number of ether oxygens (including phenoxy) is 1. The summed E-state index contributed by atoms with van der Waals surface area (Å²) in [6.07, 6.45) is -1.86. The minimum atomic E-state index is -4.56. The fraction of sp³-hybridized carbons (Fsp3) is 0.579. The topological polar surface area (TPSA) is 168 Å². The van der Waals surface area contributed by atoms with E-state index in [9.17, 15) is 38.3 Å². The third-order valence-corrected chi connectivity index (χ3v) is 7.83. The fourth-order valence-electron chi connectivity index (χ4n) is 3.96. The predicted octanol–water partition coefficient (Wildman–Crippen LogP) is 1.29. The molecule has 2 unspecified atom stereocenters. The van der Waals surface area contributed by atoms with Gasteiger partial charge in [0.25, 0.3) is 5.69 Å². The van der Waals surface area contributed by atoms with Crippen LogP contribution in [0.5, 0.6) is 0 Å².